The summed E-state index contributed by atoms with van der Waals surface area (Å²) in [6, 6.07) is 0. The zero-order chi connectivity index (χ0) is 8.53. The fraction of sp³-hybridized carbons (Fsp3) is 0.857. The monoisotopic (exact) mass is 160 g/mol. The number of nitrogens with one attached hydrogen (secondary N) is 2. The first-order valence-corrected chi connectivity index (χ1v) is 3.84. The van der Waals surface area contributed by atoms with Gasteiger partial charge in [0.1, 0.15) is 0 Å². The molecule has 0 atom stereocenters. The number of amides is 1. The van der Waals surface area contributed by atoms with E-state index in [0.29, 0.717) is 19.6 Å². The predicted molar refractivity (Wildman–Crippen MR) is 42.9 cm³/mol. The Hall–Kier alpha value is -0.610. The molecule has 1 amide bonds. The van der Waals surface area contributed by atoms with Crippen molar-refractivity contribution in [2.24, 2.45) is 0 Å². The number of hydrazine groups is 1. The second kappa shape index (κ2) is 7.50. The van der Waals surface area contributed by atoms with E-state index in [1.807, 2.05) is 6.92 Å². The molecule has 0 saturated carbocycles. The van der Waals surface area contributed by atoms with Gasteiger partial charge in [0.15, 0.2) is 0 Å². The highest BCUT2D eigenvalue weighted by Gasteiger charge is 1.97. The van der Waals surface area contributed by atoms with Crippen molar-refractivity contribution in [2.45, 2.75) is 19.8 Å². The minimum Gasteiger partial charge on any atom is -0.382 e. The highest BCUT2D eigenvalue weighted by molar-refractivity contribution is 5.75. The maximum Gasteiger partial charge on any atom is 0.234 e. The van der Waals surface area contributed by atoms with E-state index in [0.717, 1.165) is 6.42 Å². The van der Waals surface area contributed by atoms with Crippen LogP contribution in [0.2, 0.25) is 0 Å². The SMILES string of the molecule is CCOCCCC(=O)NNC. The van der Waals surface area contributed by atoms with E-state index in [1.54, 1.807) is 7.05 Å². The summed E-state index contributed by atoms with van der Waals surface area (Å²) in [6.45, 7) is 3.31. The van der Waals surface area contributed by atoms with E-state index < -0.39 is 0 Å². The highest BCUT2D eigenvalue weighted by atomic mass is 16.5. The molecule has 0 saturated heterocycles. The average Bonchev–Trinajstić information content (AvgIpc) is 1.99. The molecular weight excluding hydrogens is 144 g/mol. The van der Waals surface area contributed by atoms with Crippen LogP contribution in [0.25, 0.3) is 0 Å². The first kappa shape index (κ1) is 10.4. The minimum absolute atomic E-state index is 0.00667. The van der Waals surface area contributed by atoms with Crippen molar-refractivity contribution in [3.8, 4) is 0 Å². The van der Waals surface area contributed by atoms with Crippen molar-refractivity contribution >= 4 is 5.91 Å². The average molecular weight is 160 g/mol. The second-order valence-corrected chi connectivity index (χ2v) is 2.10. The Labute approximate surface area is 67.3 Å². The van der Waals surface area contributed by atoms with Crippen LogP contribution in [0.15, 0.2) is 0 Å². The molecule has 0 heterocycles. The molecule has 0 aromatic carbocycles. The zero-order valence-electron chi connectivity index (χ0n) is 7.14. The van der Waals surface area contributed by atoms with E-state index in [-0.39, 0.29) is 5.91 Å². The van der Waals surface area contributed by atoms with Crippen LogP contribution >= 0.6 is 0 Å². The Morgan fingerprint density at radius 1 is 1.55 bits per heavy atom. The number of hydrogen-bond donors (Lipinski definition) is 2. The Balaban J connectivity index is 3.04. The van der Waals surface area contributed by atoms with Gasteiger partial charge in [0.05, 0.1) is 0 Å². The number of ether oxygens (including phenoxy) is 1. The standard InChI is InChI=1S/C7H16N2O2/c1-3-11-6-4-5-7(10)9-8-2/h8H,3-6H2,1-2H3,(H,9,10). The quantitative estimate of drug-likeness (QED) is 0.426. The van der Waals surface area contributed by atoms with Gasteiger partial charge in [-0.1, -0.05) is 0 Å². The minimum atomic E-state index is 0.00667. The van der Waals surface area contributed by atoms with E-state index in [4.69, 9.17) is 4.74 Å². The molecule has 0 aromatic rings. The third-order valence-electron chi connectivity index (χ3n) is 1.16. The zero-order valence-corrected chi connectivity index (χ0v) is 7.14. The lowest BCUT2D eigenvalue weighted by Gasteiger charge is -2.02. The molecule has 0 unspecified atom stereocenters. The van der Waals surface area contributed by atoms with E-state index in [9.17, 15) is 4.79 Å². The topological polar surface area (TPSA) is 50.4 Å². The first-order chi connectivity index (χ1) is 5.31. The summed E-state index contributed by atoms with van der Waals surface area (Å²) >= 11 is 0. The van der Waals surface area contributed by atoms with Crippen molar-refractivity contribution < 1.29 is 9.53 Å². The van der Waals surface area contributed by atoms with Crippen LogP contribution < -0.4 is 10.9 Å². The molecule has 0 bridgehead atoms. The van der Waals surface area contributed by atoms with Crippen LogP contribution in [-0.2, 0) is 9.53 Å². The first-order valence-electron chi connectivity index (χ1n) is 3.84. The van der Waals surface area contributed by atoms with Crippen LogP contribution in [0, 0.1) is 0 Å². The van der Waals surface area contributed by atoms with Gasteiger partial charge >= 0.3 is 0 Å². The van der Waals surface area contributed by atoms with Gasteiger partial charge in [0.25, 0.3) is 0 Å². The summed E-state index contributed by atoms with van der Waals surface area (Å²) < 4.78 is 5.06. The van der Waals surface area contributed by atoms with Crippen LogP contribution in [0.4, 0.5) is 0 Å². The summed E-state index contributed by atoms with van der Waals surface area (Å²) in [4.78, 5) is 10.8. The lowest BCUT2D eigenvalue weighted by atomic mass is 10.3. The van der Waals surface area contributed by atoms with Gasteiger partial charge in [-0.3, -0.25) is 10.2 Å². The second-order valence-electron chi connectivity index (χ2n) is 2.10. The maximum atomic E-state index is 10.8. The molecule has 0 aliphatic carbocycles. The molecule has 0 fully saturated rings. The van der Waals surface area contributed by atoms with Crippen LogP contribution in [-0.4, -0.2) is 26.2 Å². The molecule has 11 heavy (non-hydrogen) atoms. The van der Waals surface area contributed by atoms with Crippen molar-refractivity contribution in [3.05, 3.63) is 0 Å². The highest BCUT2D eigenvalue weighted by Crippen LogP contribution is 1.88. The molecule has 4 heteroatoms. The summed E-state index contributed by atoms with van der Waals surface area (Å²) in [6.07, 6.45) is 1.29. The molecule has 0 aliphatic rings. The maximum absolute atomic E-state index is 10.8. The van der Waals surface area contributed by atoms with Gasteiger partial charge in [-0.2, -0.15) is 0 Å². The summed E-state index contributed by atoms with van der Waals surface area (Å²) in [5.41, 5.74) is 5.05. The van der Waals surface area contributed by atoms with Crippen LogP contribution in [0.5, 0.6) is 0 Å². The third kappa shape index (κ3) is 7.29. The Morgan fingerprint density at radius 3 is 2.82 bits per heavy atom. The fourth-order valence-electron chi connectivity index (χ4n) is 0.681. The fourth-order valence-corrected chi connectivity index (χ4v) is 0.681. The van der Waals surface area contributed by atoms with Gasteiger partial charge in [-0.15, -0.1) is 0 Å². The normalized spacial score (nSPS) is 9.64. The largest absolute Gasteiger partial charge is 0.382 e. The smallest absolute Gasteiger partial charge is 0.234 e. The van der Waals surface area contributed by atoms with Gasteiger partial charge in [0, 0.05) is 26.7 Å². The van der Waals surface area contributed by atoms with E-state index in [1.165, 1.54) is 0 Å². The van der Waals surface area contributed by atoms with Gasteiger partial charge < -0.3 is 4.74 Å². The Bertz CT molecular complexity index is 107. The number of carbonyl (C=O) groups is 1. The third-order valence-corrected chi connectivity index (χ3v) is 1.16. The molecule has 0 spiro atoms. The molecule has 2 N–H and O–H groups in total. The molecular formula is C7H16N2O2. The molecule has 0 aliphatic heterocycles. The van der Waals surface area contributed by atoms with Gasteiger partial charge in [-0.25, -0.2) is 5.43 Å². The lowest BCUT2D eigenvalue weighted by Crippen LogP contribution is -2.34. The summed E-state index contributed by atoms with van der Waals surface area (Å²) in [5.74, 6) is 0.00667. The van der Waals surface area contributed by atoms with Crippen molar-refractivity contribution in [1.29, 1.82) is 0 Å². The van der Waals surface area contributed by atoms with E-state index in [2.05, 4.69) is 10.9 Å². The number of rotatable bonds is 6. The molecule has 66 valence electrons. The number of carbonyl (C=O) groups excluding carboxylic acids is 1. The van der Waals surface area contributed by atoms with Crippen LogP contribution in [0.3, 0.4) is 0 Å². The van der Waals surface area contributed by atoms with Gasteiger partial charge in [0.2, 0.25) is 5.91 Å². The Kier molecular flexibility index (Phi) is 7.08. The molecule has 0 aromatic heterocycles. The molecule has 0 rings (SSSR count). The molecule has 4 nitrogen and oxygen atoms in total. The van der Waals surface area contributed by atoms with Crippen molar-refractivity contribution in [3.63, 3.8) is 0 Å². The Morgan fingerprint density at radius 2 is 2.27 bits per heavy atom. The van der Waals surface area contributed by atoms with Crippen molar-refractivity contribution in [2.75, 3.05) is 20.3 Å². The van der Waals surface area contributed by atoms with Crippen LogP contribution in [0.1, 0.15) is 19.8 Å². The van der Waals surface area contributed by atoms with Crippen molar-refractivity contribution in [1.82, 2.24) is 10.9 Å². The molecule has 0 radical (unpaired) electrons. The summed E-state index contributed by atoms with van der Waals surface area (Å²) in [7, 11) is 1.67. The van der Waals surface area contributed by atoms with E-state index >= 15 is 0 Å². The number of hydrogen-bond acceptors (Lipinski definition) is 3. The van der Waals surface area contributed by atoms with Gasteiger partial charge in [-0.05, 0) is 13.3 Å². The predicted octanol–water partition coefficient (Wildman–Crippen LogP) is 0.0537. The lowest BCUT2D eigenvalue weighted by molar-refractivity contribution is -0.122. The summed E-state index contributed by atoms with van der Waals surface area (Å²) in [5, 5.41) is 0.